The van der Waals surface area contributed by atoms with Crippen molar-refractivity contribution in [2.75, 3.05) is 20.3 Å². The smallest absolute Gasteiger partial charge is 0.119 e. The van der Waals surface area contributed by atoms with Crippen LogP contribution >= 0.6 is 23.8 Å². The van der Waals surface area contributed by atoms with E-state index in [4.69, 9.17) is 38.0 Å². The summed E-state index contributed by atoms with van der Waals surface area (Å²) in [6, 6.07) is 21.6. The molecule has 0 fully saturated rings. The highest BCUT2D eigenvalue weighted by Gasteiger charge is 2.30. The molecule has 0 spiro atoms. The number of rotatable bonds is 7. The Morgan fingerprint density at radius 3 is 2.45 bits per heavy atom. The molecule has 0 amide bonds. The van der Waals surface area contributed by atoms with Crippen LogP contribution in [0.1, 0.15) is 36.6 Å². The summed E-state index contributed by atoms with van der Waals surface area (Å²) in [5, 5.41) is 0.675. The lowest BCUT2D eigenvalue weighted by Crippen LogP contribution is -2.42. The van der Waals surface area contributed by atoms with Gasteiger partial charge in [0.2, 0.25) is 0 Å². The average Bonchev–Trinajstić information content (AvgIpc) is 2.81. The highest BCUT2D eigenvalue weighted by molar-refractivity contribution is 7.80. The van der Waals surface area contributed by atoms with Gasteiger partial charge in [-0.3, -0.25) is 0 Å². The van der Waals surface area contributed by atoms with Crippen molar-refractivity contribution in [3.63, 3.8) is 0 Å². The van der Waals surface area contributed by atoms with Gasteiger partial charge in [0.05, 0.1) is 19.3 Å². The molecular formula is C27H28ClNO3S. The fourth-order valence-electron chi connectivity index (χ4n) is 4.09. The van der Waals surface area contributed by atoms with Crippen LogP contribution in [0, 0.1) is 0 Å². The summed E-state index contributed by atoms with van der Waals surface area (Å²) in [7, 11) is 1.65. The summed E-state index contributed by atoms with van der Waals surface area (Å²) in [5.41, 5.74) is 3.41. The van der Waals surface area contributed by atoms with Crippen LogP contribution in [0.4, 0.5) is 0 Å². The maximum absolute atomic E-state index is 6.24. The lowest BCUT2D eigenvalue weighted by Gasteiger charge is -2.39. The molecule has 0 aliphatic carbocycles. The Morgan fingerprint density at radius 2 is 1.76 bits per heavy atom. The van der Waals surface area contributed by atoms with Crippen LogP contribution in [-0.4, -0.2) is 36.3 Å². The largest absolute Gasteiger partial charge is 0.497 e. The quantitative estimate of drug-likeness (QED) is 0.360. The van der Waals surface area contributed by atoms with E-state index >= 15 is 0 Å². The molecule has 1 aliphatic heterocycles. The molecular weight excluding hydrogens is 454 g/mol. The van der Waals surface area contributed by atoms with Crippen LogP contribution in [0.5, 0.6) is 17.2 Å². The number of ether oxygens (including phenoxy) is 3. The molecule has 0 bridgehead atoms. The summed E-state index contributed by atoms with van der Waals surface area (Å²) in [4.78, 5) is 3.02. The van der Waals surface area contributed by atoms with E-state index in [0.29, 0.717) is 11.6 Å². The highest BCUT2D eigenvalue weighted by atomic mass is 35.5. The third kappa shape index (κ3) is 5.60. The molecule has 0 unspecified atom stereocenters. The number of hydrogen-bond acceptors (Lipinski definition) is 4. The van der Waals surface area contributed by atoms with Gasteiger partial charge in [0.1, 0.15) is 28.8 Å². The number of methoxy groups -OCH3 is 1. The Labute approximate surface area is 206 Å². The Bertz CT molecular complexity index is 1120. The SMILES string of the molecule is COc1ccc(OC[C@H]2c3ccc(OC(C)C)cc3CCN2C(=S)c2cccc(Cl)c2)cc1. The Hall–Kier alpha value is -2.76. The van der Waals surface area contributed by atoms with Crippen LogP contribution in [0.2, 0.25) is 5.02 Å². The van der Waals surface area contributed by atoms with Crippen molar-refractivity contribution in [1.29, 1.82) is 0 Å². The molecule has 4 nitrogen and oxygen atoms in total. The van der Waals surface area contributed by atoms with E-state index in [1.54, 1.807) is 7.11 Å². The number of benzene rings is 3. The van der Waals surface area contributed by atoms with Crippen molar-refractivity contribution in [3.8, 4) is 17.2 Å². The fraction of sp³-hybridized carbons (Fsp3) is 0.296. The Kier molecular flexibility index (Phi) is 7.41. The number of nitrogens with zero attached hydrogens (tertiary/aromatic N) is 1. The molecule has 3 aromatic rings. The minimum atomic E-state index is -0.0320. The Morgan fingerprint density at radius 1 is 1.03 bits per heavy atom. The Balaban J connectivity index is 1.63. The van der Waals surface area contributed by atoms with Crippen LogP contribution in [0.3, 0.4) is 0 Å². The third-order valence-corrected chi connectivity index (χ3v) is 6.35. The summed E-state index contributed by atoms with van der Waals surface area (Å²) in [6.07, 6.45) is 1.01. The van der Waals surface area contributed by atoms with Crippen molar-refractivity contribution < 1.29 is 14.2 Å². The van der Waals surface area contributed by atoms with Gasteiger partial charge in [0.25, 0.3) is 0 Å². The molecule has 1 atom stereocenters. The summed E-state index contributed by atoms with van der Waals surface area (Å²) < 4.78 is 17.4. The molecule has 0 radical (unpaired) electrons. The summed E-state index contributed by atoms with van der Waals surface area (Å²) in [6.45, 7) is 5.33. The number of hydrogen-bond donors (Lipinski definition) is 0. The van der Waals surface area contributed by atoms with E-state index in [2.05, 4.69) is 17.0 Å². The second-order valence-electron chi connectivity index (χ2n) is 8.29. The highest BCUT2D eigenvalue weighted by Crippen LogP contribution is 2.35. The van der Waals surface area contributed by atoms with Crippen LogP contribution < -0.4 is 14.2 Å². The zero-order valence-corrected chi connectivity index (χ0v) is 20.7. The zero-order valence-electron chi connectivity index (χ0n) is 19.1. The van der Waals surface area contributed by atoms with Crippen molar-refractivity contribution in [2.45, 2.75) is 32.4 Å². The van der Waals surface area contributed by atoms with Gasteiger partial charge >= 0.3 is 0 Å². The van der Waals surface area contributed by atoms with Crippen LogP contribution in [0.15, 0.2) is 66.7 Å². The molecule has 0 aromatic heterocycles. The first-order valence-electron chi connectivity index (χ1n) is 11.1. The van der Waals surface area contributed by atoms with E-state index < -0.39 is 0 Å². The molecule has 1 aliphatic rings. The van der Waals surface area contributed by atoms with Gasteiger partial charge in [-0.2, -0.15) is 0 Å². The number of fused-ring (bicyclic) bond motifs is 1. The monoisotopic (exact) mass is 481 g/mol. The molecule has 4 rings (SSSR count). The fourth-order valence-corrected chi connectivity index (χ4v) is 4.63. The molecule has 1 heterocycles. The molecule has 6 heteroatoms. The van der Waals surface area contributed by atoms with E-state index in [1.807, 2.05) is 68.4 Å². The second-order valence-corrected chi connectivity index (χ2v) is 9.11. The van der Waals surface area contributed by atoms with Gasteiger partial charge in [0, 0.05) is 17.1 Å². The molecule has 0 saturated heterocycles. The van der Waals surface area contributed by atoms with Gasteiger partial charge in [-0.05, 0) is 79.9 Å². The van der Waals surface area contributed by atoms with E-state index in [0.717, 1.165) is 40.8 Å². The van der Waals surface area contributed by atoms with E-state index in [9.17, 15) is 0 Å². The van der Waals surface area contributed by atoms with Crippen molar-refractivity contribution in [1.82, 2.24) is 4.90 Å². The standard InChI is InChI=1S/C27H28ClNO3S/c1-18(2)32-24-11-12-25-19(16-24)13-14-29(27(33)20-5-4-6-21(28)15-20)26(25)17-31-23-9-7-22(30-3)8-10-23/h4-12,15-16,18,26H,13-14,17H2,1-3H3/t26-/m0/s1. The summed E-state index contributed by atoms with van der Waals surface area (Å²) in [5.74, 6) is 2.48. The number of thiocarbonyl (C=S) groups is 1. The lowest BCUT2D eigenvalue weighted by atomic mass is 9.92. The van der Waals surface area contributed by atoms with Crippen LogP contribution in [-0.2, 0) is 6.42 Å². The van der Waals surface area contributed by atoms with Crippen LogP contribution in [0.25, 0.3) is 0 Å². The molecule has 0 N–H and O–H groups in total. The minimum absolute atomic E-state index is 0.0320. The first-order valence-corrected chi connectivity index (χ1v) is 11.9. The normalized spacial score (nSPS) is 15.2. The first kappa shape index (κ1) is 23.4. The van der Waals surface area contributed by atoms with Crippen molar-refractivity contribution >= 4 is 28.8 Å². The molecule has 172 valence electrons. The van der Waals surface area contributed by atoms with Gasteiger partial charge < -0.3 is 19.1 Å². The van der Waals surface area contributed by atoms with E-state index in [-0.39, 0.29) is 12.1 Å². The van der Waals surface area contributed by atoms with Gasteiger partial charge in [0.15, 0.2) is 0 Å². The first-order chi connectivity index (χ1) is 15.9. The van der Waals surface area contributed by atoms with Crippen molar-refractivity contribution in [3.05, 3.63) is 88.4 Å². The predicted molar refractivity (Wildman–Crippen MR) is 137 cm³/mol. The van der Waals surface area contributed by atoms with Gasteiger partial charge in [-0.15, -0.1) is 0 Å². The zero-order chi connectivity index (χ0) is 23.4. The molecule has 33 heavy (non-hydrogen) atoms. The topological polar surface area (TPSA) is 30.9 Å². The number of halogens is 1. The maximum atomic E-state index is 6.24. The summed E-state index contributed by atoms with van der Waals surface area (Å²) >= 11 is 12.2. The lowest BCUT2D eigenvalue weighted by molar-refractivity contribution is 0.190. The average molecular weight is 482 g/mol. The second kappa shape index (κ2) is 10.4. The van der Waals surface area contributed by atoms with E-state index in [1.165, 1.54) is 11.1 Å². The predicted octanol–water partition coefficient (Wildman–Crippen LogP) is 6.49. The van der Waals surface area contributed by atoms with Gasteiger partial charge in [-0.1, -0.05) is 42.0 Å². The molecule has 3 aromatic carbocycles. The molecule has 0 saturated carbocycles. The van der Waals surface area contributed by atoms with Gasteiger partial charge in [-0.25, -0.2) is 0 Å². The third-order valence-electron chi connectivity index (χ3n) is 5.64. The minimum Gasteiger partial charge on any atom is -0.497 e. The van der Waals surface area contributed by atoms with Crippen molar-refractivity contribution in [2.24, 2.45) is 0 Å². The maximum Gasteiger partial charge on any atom is 0.119 e.